The van der Waals surface area contributed by atoms with Gasteiger partial charge in [0.1, 0.15) is 0 Å². The highest BCUT2D eigenvalue weighted by Crippen LogP contribution is 2.23. The Morgan fingerprint density at radius 2 is 2.38 bits per heavy atom. The third kappa shape index (κ3) is 2.39. The molecule has 5 heteroatoms. The number of hydrogen-bond donors (Lipinski definition) is 2. The van der Waals surface area contributed by atoms with Crippen LogP contribution in [0.3, 0.4) is 0 Å². The second-order valence-corrected chi connectivity index (χ2v) is 5.09. The zero-order valence-corrected chi connectivity index (χ0v) is 10.6. The molecule has 4 nitrogen and oxygen atoms in total. The zero-order valence-electron chi connectivity index (χ0n) is 9.83. The molecule has 1 aromatic heterocycles. The van der Waals surface area contributed by atoms with Crippen molar-refractivity contribution < 1.29 is 0 Å². The molecule has 1 fully saturated rings. The normalized spacial score (nSPS) is 27.2. The average molecular weight is 243 g/mol. The second-order valence-electron chi connectivity index (χ2n) is 4.71. The van der Waals surface area contributed by atoms with E-state index in [4.69, 9.17) is 17.3 Å². The zero-order chi connectivity index (χ0) is 11.7. The molecule has 2 heterocycles. The molecule has 1 aromatic rings. The van der Waals surface area contributed by atoms with Crippen molar-refractivity contribution >= 4 is 11.6 Å². The number of aryl methyl sites for hydroxylation is 1. The molecule has 0 radical (unpaired) electrons. The standard InChI is InChI=1S/C11H19ClN4/c1-7-5-9(13)3-4-16(7)6-10-11(12)8(2)14-15-10/h7,9H,3-6,13H2,1-2H3,(H,14,15)/t7-,9+/m1/s1. The van der Waals surface area contributed by atoms with Crippen LogP contribution in [0.2, 0.25) is 5.02 Å². The average Bonchev–Trinajstić information content (AvgIpc) is 2.54. The quantitative estimate of drug-likeness (QED) is 0.830. The number of halogens is 1. The SMILES string of the molecule is Cc1[nH]nc(CN2CC[C@H](N)C[C@H]2C)c1Cl. The van der Waals surface area contributed by atoms with Gasteiger partial charge in [-0.05, 0) is 26.7 Å². The van der Waals surface area contributed by atoms with Crippen molar-refractivity contribution in [2.24, 2.45) is 5.73 Å². The van der Waals surface area contributed by atoms with Crippen LogP contribution in [-0.2, 0) is 6.54 Å². The first-order valence-corrected chi connectivity index (χ1v) is 6.14. The Kier molecular flexibility index (Phi) is 3.52. The third-order valence-corrected chi connectivity index (χ3v) is 3.85. The molecule has 0 saturated carbocycles. The van der Waals surface area contributed by atoms with Crippen molar-refractivity contribution in [3.05, 3.63) is 16.4 Å². The van der Waals surface area contributed by atoms with E-state index in [1.54, 1.807) is 0 Å². The summed E-state index contributed by atoms with van der Waals surface area (Å²) >= 11 is 6.16. The first kappa shape index (κ1) is 11.9. The number of aromatic amines is 1. The van der Waals surface area contributed by atoms with Crippen LogP contribution in [0.25, 0.3) is 0 Å². The number of rotatable bonds is 2. The first-order valence-electron chi connectivity index (χ1n) is 5.77. The maximum absolute atomic E-state index is 6.16. The second kappa shape index (κ2) is 4.73. The van der Waals surface area contributed by atoms with Gasteiger partial charge in [-0.25, -0.2) is 0 Å². The van der Waals surface area contributed by atoms with Crippen LogP contribution in [0, 0.1) is 6.92 Å². The maximum Gasteiger partial charge on any atom is 0.0951 e. The van der Waals surface area contributed by atoms with Gasteiger partial charge in [0.15, 0.2) is 0 Å². The van der Waals surface area contributed by atoms with E-state index >= 15 is 0 Å². The number of H-pyrrole nitrogens is 1. The van der Waals surface area contributed by atoms with Crippen molar-refractivity contribution in [1.29, 1.82) is 0 Å². The van der Waals surface area contributed by atoms with E-state index in [1.807, 2.05) is 6.92 Å². The third-order valence-electron chi connectivity index (χ3n) is 3.35. The van der Waals surface area contributed by atoms with E-state index in [1.165, 1.54) is 0 Å². The van der Waals surface area contributed by atoms with Gasteiger partial charge >= 0.3 is 0 Å². The van der Waals surface area contributed by atoms with Gasteiger partial charge in [0.25, 0.3) is 0 Å². The molecule has 0 aliphatic carbocycles. The van der Waals surface area contributed by atoms with Crippen molar-refractivity contribution in [3.63, 3.8) is 0 Å². The molecule has 2 atom stereocenters. The number of nitrogens with two attached hydrogens (primary N) is 1. The van der Waals surface area contributed by atoms with Gasteiger partial charge in [-0.2, -0.15) is 5.10 Å². The predicted molar refractivity (Wildman–Crippen MR) is 65.4 cm³/mol. The highest BCUT2D eigenvalue weighted by atomic mass is 35.5. The summed E-state index contributed by atoms with van der Waals surface area (Å²) in [6, 6.07) is 0.861. The molecule has 16 heavy (non-hydrogen) atoms. The number of aromatic nitrogens is 2. The lowest BCUT2D eigenvalue weighted by molar-refractivity contribution is 0.138. The topological polar surface area (TPSA) is 57.9 Å². The lowest BCUT2D eigenvalue weighted by Gasteiger charge is -2.35. The van der Waals surface area contributed by atoms with Crippen molar-refractivity contribution in [2.45, 2.75) is 45.3 Å². The van der Waals surface area contributed by atoms with Crippen LogP contribution in [-0.4, -0.2) is 33.7 Å². The minimum atomic E-state index is 0.350. The van der Waals surface area contributed by atoms with E-state index in [-0.39, 0.29) is 0 Å². The Hall–Kier alpha value is -0.580. The summed E-state index contributed by atoms with van der Waals surface area (Å²) in [4.78, 5) is 2.39. The van der Waals surface area contributed by atoms with Crippen LogP contribution in [0.4, 0.5) is 0 Å². The molecule has 2 rings (SSSR count). The van der Waals surface area contributed by atoms with Gasteiger partial charge < -0.3 is 5.73 Å². The highest BCUT2D eigenvalue weighted by Gasteiger charge is 2.24. The Morgan fingerprint density at radius 3 is 2.94 bits per heavy atom. The van der Waals surface area contributed by atoms with Crippen LogP contribution in [0.15, 0.2) is 0 Å². The van der Waals surface area contributed by atoms with E-state index in [9.17, 15) is 0 Å². The molecule has 0 aromatic carbocycles. The van der Waals surface area contributed by atoms with Gasteiger partial charge in [-0.15, -0.1) is 0 Å². The predicted octanol–water partition coefficient (Wildman–Crippen LogP) is 1.68. The minimum Gasteiger partial charge on any atom is -0.328 e. The highest BCUT2D eigenvalue weighted by molar-refractivity contribution is 6.31. The lowest BCUT2D eigenvalue weighted by Crippen LogP contribution is -2.45. The Balaban J connectivity index is 2.02. The number of nitrogens with one attached hydrogen (secondary N) is 1. The molecule has 0 spiro atoms. The monoisotopic (exact) mass is 242 g/mol. The molecule has 0 unspecified atom stereocenters. The summed E-state index contributed by atoms with van der Waals surface area (Å²) in [6.07, 6.45) is 2.12. The fraction of sp³-hybridized carbons (Fsp3) is 0.727. The van der Waals surface area contributed by atoms with Gasteiger partial charge in [-0.3, -0.25) is 10.00 Å². The summed E-state index contributed by atoms with van der Waals surface area (Å²) in [5.74, 6) is 0. The fourth-order valence-electron chi connectivity index (χ4n) is 2.26. The summed E-state index contributed by atoms with van der Waals surface area (Å²) in [6.45, 7) is 6.00. The Morgan fingerprint density at radius 1 is 1.62 bits per heavy atom. The van der Waals surface area contributed by atoms with E-state index in [2.05, 4.69) is 22.0 Å². The van der Waals surface area contributed by atoms with Crippen molar-refractivity contribution in [2.75, 3.05) is 6.54 Å². The summed E-state index contributed by atoms with van der Waals surface area (Å²) in [5.41, 5.74) is 7.83. The molecule has 1 saturated heterocycles. The first-order chi connectivity index (χ1) is 7.58. The molecule has 90 valence electrons. The summed E-state index contributed by atoms with van der Waals surface area (Å²) in [5, 5.41) is 7.92. The van der Waals surface area contributed by atoms with Crippen LogP contribution < -0.4 is 5.73 Å². The number of nitrogens with zero attached hydrogens (tertiary/aromatic N) is 2. The maximum atomic E-state index is 6.16. The van der Waals surface area contributed by atoms with Gasteiger partial charge in [-0.1, -0.05) is 11.6 Å². The molecular weight excluding hydrogens is 224 g/mol. The number of likely N-dealkylation sites (tertiary alicyclic amines) is 1. The van der Waals surface area contributed by atoms with Gasteiger partial charge in [0, 0.05) is 25.2 Å². The Bertz CT molecular complexity index is 363. The molecule has 3 N–H and O–H groups in total. The van der Waals surface area contributed by atoms with Crippen LogP contribution in [0.5, 0.6) is 0 Å². The number of piperidine rings is 1. The van der Waals surface area contributed by atoms with E-state index < -0.39 is 0 Å². The van der Waals surface area contributed by atoms with E-state index in [0.29, 0.717) is 12.1 Å². The molecule has 0 amide bonds. The smallest absolute Gasteiger partial charge is 0.0951 e. The molecule has 0 bridgehead atoms. The number of hydrogen-bond acceptors (Lipinski definition) is 3. The molecular formula is C11H19ClN4. The Labute approximate surface area is 101 Å². The van der Waals surface area contributed by atoms with Crippen molar-refractivity contribution in [1.82, 2.24) is 15.1 Å². The molecule has 1 aliphatic rings. The van der Waals surface area contributed by atoms with Gasteiger partial charge in [0.05, 0.1) is 16.4 Å². The summed E-state index contributed by atoms with van der Waals surface area (Å²) < 4.78 is 0. The fourth-order valence-corrected chi connectivity index (χ4v) is 2.40. The van der Waals surface area contributed by atoms with Crippen LogP contribution in [0.1, 0.15) is 31.2 Å². The lowest BCUT2D eigenvalue weighted by atomic mass is 9.99. The van der Waals surface area contributed by atoms with E-state index in [0.717, 1.165) is 42.3 Å². The van der Waals surface area contributed by atoms with Crippen molar-refractivity contribution in [3.8, 4) is 0 Å². The molecule has 1 aliphatic heterocycles. The summed E-state index contributed by atoms with van der Waals surface area (Å²) in [7, 11) is 0. The van der Waals surface area contributed by atoms with Crippen LogP contribution >= 0.6 is 11.6 Å². The van der Waals surface area contributed by atoms with Gasteiger partial charge in [0.2, 0.25) is 0 Å². The minimum absolute atomic E-state index is 0.350. The largest absolute Gasteiger partial charge is 0.328 e.